The minimum atomic E-state index is -4.40. The summed E-state index contributed by atoms with van der Waals surface area (Å²) < 4.78 is 65.2. The van der Waals surface area contributed by atoms with Crippen molar-refractivity contribution in [1.82, 2.24) is 0 Å². The van der Waals surface area contributed by atoms with Gasteiger partial charge in [-0.15, -0.1) is 0 Å². The van der Waals surface area contributed by atoms with E-state index in [4.69, 9.17) is 18.9 Å². The average molecular weight is 485 g/mol. The molecular formula is C25H31F3O6. The normalized spacial score (nSPS) is 12.2. The first kappa shape index (κ1) is 27.3. The molecule has 2 aromatic rings. The maximum absolute atomic E-state index is 12.9. The highest BCUT2D eigenvalue weighted by atomic mass is 19.4. The van der Waals surface area contributed by atoms with Crippen LogP contribution in [0.4, 0.5) is 18.0 Å². The molecule has 0 bridgehead atoms. The van der Waals surface area contributed by atoms with Gasteiger partial charge in [-0.2, -0.15) is 13.2 Å². The van der Waals surface area contributed by atoms with Crippen molar-refractivity contribution in [3.63, 3.8) is 0 Å². The molecule has 0 saturated carbocycles. The van der Waals surface area contributed by atoms with Crippen LogP contribution in [0.1, 0.15) is 42.9 Å². The molecule has 34 heavy (non-hydrogen) atoms. The second-order valence-electron chi connectivity index (χ2n) is 7.67. The number of carbonyl (C=O) groups is 1. The van der Waals surface area contributed by atoms with E-state index in [9.17, 15) is 18.0 Å². The lowest BCUT2D eigenvalue weighted by molar-refractivity contribution is -0.137. The molecule has 0 aliphatic carbocycles. The van der Waals surface area contributed by atoms with Crippen molar-refractivity contribution in [2.45, 2.75) is 51.5 Å². The fourth-order valence-electron chi connectivity index (χ4n) is 3.22. The number of unbranched alkanes of at least 4 members (excludes halogenated alkanes) is 2. The molecule has 0 aliphatic rings. The highest BCUT2D eigenvalue weighted by Gasteiger charge is 2.30. The van der Waals surface area contributed by atoms with Crippen LogP contribution in [-0.2, 0) is 33.4 Å². The maximum Gasteiger partial charge on any atom is 0.508 e. The van der Waals surface area contributed by atoms with Gasteiger partial charge in [0.25, 0.3) is 0 Å². The monoisotopic (exact) mass is 484 g/mol. The number of hydrogen-bond donors (Lipinski definition) is 0. The molecule has 0 N–H and O–H groups in total. The average Bonchev–Trinajstić information content (AvgIpc) is 2.81. The van der Waals surface area contributed by atoms with E-state index in [1.807, 2.05) is 6.07 Å². The van der Waals surface area contributed by atoms with E-state index >= 15 is 0 Å². The van der Waals surface area contributed by atoms with Crippen molar-refractivity contribution in [1.29, 1.82) is 0 Å². The molecule has 9 heteroatoms. The highest BCUT2D eigenvalue weighted by molar-refractivity contribution is 5.59. The second-order valence-corrected chi connectivity index (χ2v) is 7.67. The van der Waals surface area contributed by atoms with Crippen LogP contribution < -0.4 is 9.47 Å². The fourth-order valence-corrected chi connectivity index (χ4v) is 3.22. The van der Waals surface area contributed by atoms with E-state index < -0.39 is 24.0 Å². The van der Waals surface area contributed by atoms with E-state index in [1.54, 1.807) is 18.2 Å². The molecule has 0 radical (unpaired) electrons. The summed E-state index contributed by atoms with van der Waals surface area (Å²) in [6.45, 7) is 2.31. The Hall–Kier alpha value is -2.94. The zero-order chi connectivity index (χ0) is 25.0. The number of hydrogen-bond acceptors (Lipinski definition) is 6. The third kappa shape index (κ3) is 9.13. The van der Waals surface area contributed by atoms with Crippen LogP contribution >= 0.6 is 0 Å². The van der Waals surface area contributed by atoms with Gasteiger partial charge in [0.1, 0.15) is 24.7 Å². The number of methoxy groups -OCH3 is 2. The van der Waals surface area contributed by atoms with Gasteiger partial charge in [0.15, 0.2) is 6.10 Å². The van der Waals surface area contributed by atoms with Crippen LogP contribution in [0.2, 0.25) is 0 Å². The first-order chi connectivity index (χ1) is 16.3. The molecule has 0 heterocycles. The molecule has 6 nitrogen and oxygen atoms in total. The molecule has 0 fully saturated rings. The summed E-state index contributed by atoms with van der Waals surface area (Å²) >= 11 is 0. The molecule has 0 saturated heterocycles. The van der Waals surface area contributed by atoms with Crippen molar-refractivity contribution >= 4 is 6.16 Å². The Morgan fingerprint density at radius 1 is 1.00 bits per heavy atom. The lowest BCUT2D eigenvalue weighted by Gasteiger charge is -2.19. The SMILES string of the molecule is CCCCCc1cc(OCc2cccc(C(F)(F)F)c2)ccc1OC[C@H](COC)OC(=O)OC. The fraction of sp³-hybridized carbons (Fsp3) is 0.480. The van der Waals surface area contributed by atoms with Gasteiger partial charge in [-0.05, 0) is 54.3 Å². The van der Waals surface area contributed by atoms with Gasteiger partial charge in [-0.3, -0.25) is 0 Å². The minimum Gasteiger partial charge on any atom is -0.489 e. The lowest BCUT2D eigenvalue weighted by Crippen LogP contribution is -2.29. The largest absolute Gasteiger partial charge is 0.508 e. The summed E-state index contributed by atoms with van der Waals surface area (Å²) in [5.74, 6) is 1.13. The van der Waals surface area contributed by atoms with Gasteiger partial charge >= 0.3 is 12.3 Å². The molecular weight excluding hydrogens is 453 g/mol. The molecule has 0 aliphatic heterocycles. The summed E-state index contributed by atoms with van der Waals surface area (Å²) in [6.07, 6.45) is -2.14. The van der Waals surface area contributed by atoms with Crippen LogP contribution in [-0.4, -0.2) is 39.7 Å². The third-order valence-corrected chi connectivity index (χ3v) is 4.95. The Morgan fingerprint density at radius 3 is 2.47 bits per heavy atom. The Morgan fingerprint density at radius 2 is 1.79 bits per heavy atom. The first-order valence-electron chi connectivity index (χ1n) is 11.0. The van der Waals surface area contributed by atoms with Crippen LogP contribution in [0.5, 0.6) is 11.5 Å². The first-order valence-corrected chi connectivity index (χ1v) is 11.0. The second kappa shape index (κ2) is 13.7. The molecule has 0 unspecified atom stereocenters. The summed E-state index contributed by atoms with van der Waals surface area (Å²) in [7, 11) is 2.71. The number of ether oxygens (including phenoxy) is 5. The van der Waals surface area contributed by atoms with E-state index in [0.29, 0.717) is 17.1 Å². The Balaban J connectivity index is 2.10. The number of alkyl halides is 3. The van der Waals surface area contributed by atoms with Crippen LogP contribution in [0, 0.1) is 0 Å². The molecule has 2 rings (SSSR count). The van der Waals surface area contributed by atoms with Gasteiger partial charge < -0.3 is 23.7 Å². The van der Waals surface area contributed by atoms with Crippen molar-refractivity contribution in [3.05, 3.63) is 59.2 Å². The number of benzene rings is 2. The van der Waals surface area contributed by atoms with E-state index in [2.05, 4.69) is 11.7 Å². The van der Waals surface area contributed by atoms with Crippen molar-refractivity contribution < 1.29 is 41.7 Å². The van der Waals surface area contributed by atoms with E-state index in [1.165, 1.54) is 20.3 Å². The summed E-state index contributed by atoms with van der Waals surface area (Å²) in [6, 6.07) is 10.3. The van der Waals surface area contributed by atoms with Gasteiger partial charge in [0.2, 0.25) is 0 Å². The number of carbonyl (C=O) groups excluding carboxylic acids is 1. The Labute approximate surface area is 197 Å². The Kier molecular flexibility index (Phi) is 11.0. The molecule has 1 atom stereocenters. The van der Waals surface area contributed by atoms with Gasteiger partial charge in [-0.25, -0.2) is 4.79 Å². The smallest absolute Gasteiger partial charge is 0.489 e. The zero-order valence-corrected chi connectivity index (χ0v) is 19.7. The molecule has 0 spiro atoms. The van der Waals surface area contributed by atoms with Gasteiger partial charge in [-0.1, -0.05) is 31.9 Å². The number of halogens is 3. The molecule has 0 aromatic heterocycles. The van der Waals surface area contributed by atoms with Crippen LogP contribution in [0.3, 0.4) is 0 Å². The third-order valence-electron chi connectivity index (χ3n) is 4.95. The van der Waals surface area contributed by atoms with E-state index in [-0.39, 0.29) is 19.8 Å². The lowest BCUT2D eigenvalue weighted by atomic mass is 10.1. The predicted molar refractivity (Wildman–Crippen MR) is 120 cm³/mol. The van der Waals surface area contributed by atoms with Crippen molar-refractivity contribution in [2.75, 3.05) is 27.4 Å². The highest BCUT2D eigenvalue weighted by Crippen LogP contribution is 2.30. The van der Waals surface area contributed by atoms with Crippen molar-refractivity contribution in [2.24, 2.45) is 0 Å². The quantitative estimate of drug-likeness (QED) is 0.249. The summed E-state index contributed by atoms with van der Waals surface area (Å²) in [4.78, 5) is 11.4. The summed E-state index contributed by atoms with van der Waals surface area (Å²) in [5.41, 5.74) is 0.603. The molecule has 2 aromatic carbocycles. The zero-order valence-electron chi connectivity index (χ0n) is 19.7. The summed E-state index contributed by atoms with van der Waals surface area (Å²) in [5, 5.41) is 0. The topological polar surface area (TPSA) is 63.2 Å². The Bertz CT molecular complexity index is 900. The minimum absolute atomic E-state index is 0.00139. The number of rotatable bonds is 13. The van der Waals surface area contributed by atoms with Crippen LogP contribution in [0.15, 0.2) is 42.5 Å². The number of aryl methyl sites for hydroxylation is 1. The van der Waals surface area contributed by atoms with Crippen molar-refractivity contribution in [3.8, 4) is 11.5 Å². The predicted octanol–water partition coefficient (Wildman–Crippen LogP) is 6.19. The van der Waals surface area contributed by atoms with E-state index in [0.717, 1.165) is 43.4 Å². The van der Waals surface area contributed by atoms with Crippen LogP contribution in [0.25, 0.3) is 0 Å². The van der Waals surface area contributed by atoms with Gasteiger partial charge in [0, 0.05) is 7.11 Å². The van der Waals surface area contributed by atoms with Gasteiger partial charge in [0.05, 0.1) is 19.3 Å². The molecule has 0 amide bonds. The molecule has 188 valence electrons. The maximum atomic E-state index is 12.9. The standard InChI is InChI=1S/C25H31F3O6/c1-4-5-6-9-19-14-21(32-15-18-8-7-10-20(13-18)25(26,27)28)11-12-23(19)33-17-22(16-30-2)34-24(29)31-3/h7-8,10-14,22H,4-6,9,15-17H2,1-3H3/t22-/m0/s1.